The molecule has 2 aliphatic heterocycles. The smallest absolute Gasteiger partial charge is 0.223 e. The van der Waals surface area contributed by atoms with E-state index in [1.54, 1.807) is 44.2 Å². The van der Waals surface area contributed by atoms with Crippen LogP contribution in [0.3, 0.4) is 0 Å². The Labute approximate surface area is 198 Å². The molecule has 2 fully saturated rings. The van der Waals surface area contributed by atoms with Crippen molar-refractivity contribution < 1.29 is 33.6 Å². The van der Waals surface area contributed by atoms with E-state index in [2.05, 4.69) is 5.32 Å². The van der Waals surface area contributed by atoms with Crippen LogP contribution in [0.4, 0.5) is 0 Å². The summed E-state index contributed by atoms with van der Waals surface area (Å²) in [6, 6.07) is 15.3. The molecule has 5 atom stereocenters. The number of nitrogens with one attached hydrogen (secondary N) is 1. The third-order valence-corrected chi connectivity index (χ3v) is 5.68. The van der Waals surface area contributed by atoms with Gasteiger partial charge in [-0.15, -0.1) is 0 Å². The SMILES string of the molecule is CC(=O)NC1C(Oc2ccccc2C(=O)/C=C/c2ccccc2)OC2COC(C)(C)OC2C1O. The highest BCUT2D eigenvalue weighted by Crippen LogP contribution is 2.34. The Kier molecular flexibility index (Phi) is 7.13. The molecule has 0 aliphatic carbocycles. The number of hydrogen-bond acceptors (Lipinski definition) is 7. The maximum absolute atomic E-state index is 12.9. The van der Waals surface area contributed by atoms with E-state index in [0.29, 0.717) is 5.56 Å². The first-order valence-corrected chi connectivity index (χ1v) is 11.2. The van der Waals surface area contributed by atoms with Crippen molar-refractivity contribution in [3.8, 4) is 5.75 Å². The molecule has 2 aromatic rings. The van der Waals surface area contributed by atoms with Gasteiger partial charge in [0.05, 0.1) is 12.2 Å². The van der Waals surface area contributed by atoms with Crippen LogP contribution in [0, 0.1) is 0 Å². The van der Waals surface area contributed by atoms with Crippen molar-refractivity contribution in [1.82, 2.24) is 5.32 Å². The second-order valence-electron chi connectivity index (χ2n) is 8.78. The van der Waals surface area contributed by atoms with Gasteiger partial charge in [-0.3, -0.25) is 9.59 Å². The summed E-state index contributed by atoms with van der Waals surface area (Å²) >= 11 is 0. The number of ketones is 1. The molecule has 8 heteroatoms. The van der Waals surface area contributed by atoms with Crippen molar-refractivity contribution in [3.63, 3.8) is 0 Å². The van der Waals surface area contributed by atoms with Gasteiger partial charge < -0.3 is 29.4 Å². The molecular weight excluding hydrogens is 438 g/mol. The average Bonchev–Trinajstić information content (AvgIpc) is 2.81. The fraction of sp³-hybridized carbons (Fsp3) is 0.385. The van der Waals surface area contributed by atoms with E-state index in [4.69, 9.17) is 18.9 Å². The van der Waals surface area contributed by atoms with Crippen LogP contribution in [-0.2, 0) is 19.0 Å². The monoisotopic (exact) mass is 467 g/mol. The Hall–Kier alpha value is -3.04. The van der Waals surface area contributed by atoms with Crippen LogP contribution in [0.15, 0.2) is 60.7 Å². The summed E-state index contributed by atoms with van der Waals surface area (Å²) < 4.78 is 23.7. The fourth-order valence-corrected chi connectivity index (χ4v) is 4.06. The number of hydrogen-bond donors (Lipinski definition) is 2. The van der Waals surface area contributed by atoms with Gasteiger partial charge in [-0.05, 0) is 37.6 Å². The molecule has 8 nitrogen and oxygen atoms in total. The van der Waals surface area contributed by atoms with Gasteiger partial charge in [-0.25, -0.2) is 0 Å². The minimum atomic E-state index is -1.11. The molecule has 0 bridgehead atoms. The number of para-hydroxylation sites is 1. The topological polar surface area (TPSA) is 103 Å². The van der Waals surface area contributed by atoms with E-state index >= 15 is 0 Å². The van der Waals surface area contributed by atoms with E-state index in [-0.39, 0.29) is 24.0 Å². The van der Waals surface area contributed by atoms with Crippen LogP contribution in [0.25, 0.3) is 6.08 Å². The first-order chi connectivity index (χ1) is 16.2. The average molecular weight is 468 g/mol. The predicted molar refractivity (Wildman–Crippen MR) is 124 cm³/mol. The van der Waals surface area contributed by atoms with Crippen molar-refractivity contribution >= 4 is 17.8 Å². The highest BCUT2D eigenvalue weighted by molar-refractivity contribution is 6.08. The Morgan fingerprint density at radius 2 is 1.82 bits per heavy atom. The van der Waals surface area contributed by atoms with E-state index in [0.717, 1.165) is 5.56 Å². The van der Waals surface area contributed by atoms with Crippen LogP contribution in [0.5, 0.6) is 5.75 Å². The molecule has 5 unspecified atom stereocenters. The summed E-state index contributed by atoms with van der Waals surface area (Å²) in [6.45, 7) is 5.02. The van der Waals surface area contributed by atoms with E-state index < -0.39 is 36.4 Å². The number of rotatable bonds is 6. The zero-order valence-electron chi connectivity index (χ0n) is 19.3. The minimum Gasteiger partial charge on any atom is -0.462 e. The summed E-state index contributed by atoms with van der Waals surface area (Å²) in [7, 11) is 0. The molecule has 1 amide bonds. The van der Waals surface area contributed by atoms with Crippen LogP contribution < -0.4 is 10.1 Å². The number of fused-ring (bicyclic) bond motifs is 1. The molecule has 0 aromatic heterocycles. The molecule has 34 heavy (non-hydrogen) atoms. The maximum atomic E-state index is 12.9. The van der Waals surface area contributed by atoms with Gasteiger partial charge in [0.1, 0.15) is 30.1 Å². The Morgan fingerprint density at radius 3 is 2.56 bits per heavy atom. The maximum Gasteiger partial charge on any atom is 0.223 e. The number of carbonyl (C=O) groups is 2. The summed E-state index contributed by atoms with van der Waals surface area (Å²) in [5, 5.41) is 13.7. The Balaban J connectivity index is 1.56. The number of carbonyl (C=O) groups excluding carboxylic acids is 2. The lowest BCUT2D eigenvalue weighted by Gasteiger charge is -2.49. The van der Waals surface area contributed by atoms with Crippen LogP contribution >= 0.6 is 0 Å². The number of ether oxygens (including phenoxy) is 4. The molecule has 4 rings (SSSR count). The normalized spacial score (nSPS) is 28.2. The number of benzene rings is 2. The number of aliphatic hydroxyl groups is 1. The van der Waals surface area contributed by atoms with Crippen molar-refractivity contribution in [2.24, 2.45) is 0 Å². The molecule has 0 spiro atoms. The van der Waals surface area contributed by atoms with Gasteiger partial charge in [0, 0.05) is 6.92 Å². The Bertz CT molecular complexity index is 1050. The summed E-state index contributed by atoms with van der Waals surface area (Å²) in [5.74, 6) is -1.24. The molecule has 180 valence electrons. The molecule has 2 saturated heterocycles. The second-order valence-corrected chi connectivity index (χ2v) is 8.78. The van der Waals surface area contributed by atoms with Crippen molar-refractivity contribution in [1.29, 1.82) is 0 Å². The first kappa shape index (κ1) is 24.1. The van der Waals surface area contributed by atoms with Gasteiger partial charge in [0.15, 0.2) is 11.6 Å². The van der Waals surface area contributed by atoms with Crippen LogP contribution in [-0.4, -0.2) is 59.8 Å². The molecule has 2 aromatic carbocycles. The molecule has 2 N–H and O–H groups in total. The van der Waals surface area contributed by atoms with Gasteiger partial charge in [0.2, 0.25) is 12.2 Å². The quantitative estimate of drug-likeness (QED) is 0.497. The molecule has 2 heterocycles. The van der Waals surface area contributed by atoms with Gasteiger partial charge in [-0.1, -0.05) is 48.5 Å². The fourth-order valence-electron chi connectivity index (χ4n) is 4.06. The van der Waals surface area contributed by atoms with Gasteiger partial charge >= 0.3 is 0 Å². The van der Waals surface area contributed by atoms with Crippen LogP contribution in [0.2, 0.25) is 0 Å². The molecule has 0 radical (unpaired) electrons. The zero-order chi connectivity index (χ0) is 24.3. The van der Waals surface area contributed by atoms with E-state index in [1.807, 2.05) is 30.3 Å². The van der Waals surface area contributed by atoms with Gasteiger partial charge in [-0.2, -0.15) is 0 Å². The highest BCUT2D eigenvalue weighted by Gasteiger charge is 2.52. The number of allylic oxidation sites excluding steroid dienone is 1. The zero-order valence-corrected chi connectivity index (χ0v) is 19.3. The summed E-state index contributed by atoms with van der Waals surface area (Å²) in [6.07, 6.45) is -0.314. The lowest BCUT2D eigenvalue weighted by Crippen LogP contribution is -2.69. The third-order valence-electron chi connectivity index (χ3n) is 5.68. The van der Waals surface area contributed by atoms with Crippen molar-refractivity contribution in [2.75, 3.05) is 6.61 Å². The molecular formula is C26H29NO7. The van der Waals surface area contributed by atoms with Gasteiger partial charge in [0.25, 0.3) is 0 Å². The largest absolute Gasteiger partial charge is 0.462 e. The molecule has 0 saturated carbocycles. The van der Waals surface area contributed by atoms with E-state index in [9.17, 15) is 14.7 Å². The predicted octanol–water partition coefficient (Wildman–Crippen LogP) is 2.70. The van der Waals surface area contributed by atoms with Crippen molar-refractivity contribution in [3.05, 3.63) is 71.8 Å². The highest BCUT2D eigenvalue weighted by atomic mass is 16.8. The Morgan fingerprint density at radius 1 is 1.12 bits per heavy atom. The second kappa shape index (κ2) is 10.1. The van der Waals surface area contributed by atoms with E-state index in [1.165, 1.54) is 13.0 Å². The van der Waals surface area contributed by atoms with Crippen LogP contribution in [0.1, 0.15) is 36.7 Å². The summed E-state index contributed by atoms with van der Waals surface area (Å²) in [5.41, 5.74) is 1.22. The summed E-state index contributed by atoms with van der Waals surface area (Å²) in [4.78, 5) is 24.8. The minimum absolute atomic E-state index is 0.182. The lowest BCUT2D eigenvalue weighted by molar-refractivity contribution is -0.361. The lowest BCUT2D eigenvalue weighted by atomic mass is 9.95. The third kappa shape index (κ3) is 5.53. The number of aliphatic hydroxyl groups excluding tert-OH is 1. The van der Waals surface area contributed by atoms with Crippen molar-refractivity contribution in [2.45, 2.75) is 57.2 Å². The molecule has 2 aliphatic rings. The first-order valence-electron chi connectivity index (χ1n) is 11.2. The standard InChI is InChI=1S/C26H29NO7/c1-16(28)27-22-23(30)24-21(15-31-26(2,3)34-24)33-25(22)32-20-12-8-7-11-18(20)19(29)14-13-17-9-5-4-6-10-17/h4-14,21-25,30H,15H2,1-3H3,(H,27,28)/b14-13+. The number of amides is 1.